The Labute approximate surface area is 171 Å². The van der Waals surface area contributed by atoms with Crippen LogP contribution in [0.3, 0.4) is 0 Å². The summed E-state index contributed by atoms with van der Waals surface area (Å²) in [7, 11) is 3.74. The van der Waals surface area contributed by atoms with Gasteiger partial charge in [-0.25, -0.2) is 0 Å². The second kappa shape index (κ2) is 10.0. The van der Waals surface area contributed by atoms with Gasteiger partial charge in [-0.1, -0.05) is 30.3 Å². The number of nitrogens with zero attached hydrogens (tertiary/aromatic N) is 2. The fourth-order valence-corrected chi connectivity index (χ4v) is 3.40. The van der Waals surface area contributed by atoms with Gasteiger partial charge in [-0.3, -0.25) is 14.5 Å². The van der Waals surface area contributed by atoms with Gasteiger partial charge < -0.3 is 20.3 Å². The Kier molecular flexibility index (Phi) is 7.21. The summed E-state index contributed by atoms with van der Waals surface area (Å²) in [5.41, 5.74) is 1.68. The third kappa shape index (κ3) is 5.79. The van der Waals surface area contributed by atoms with Crippen molar-refractivity contribution >= 4 is 17.5 Å². The van der Waals surface area contributed by atoms with Gasteiger partial charge >= 0.3 is 11.8 Å². The van der Waals surface area contributed by atoms with Crippen LogP contribution in [0.25, 0.3) is 0 Å². The molecule has 29 heavy (non-hydrogen) atoms. The molecule has 7 nitrogen and oxygen atoms in total. The summed E-state index contributed by atoms with van der Waals surface area (Å²) < 4.78 is 5.25. The average molecular weight is 396 g/mol. The van der Waals surface area contributed by atoms with Crippen LogP contribution < -0.4 is 15.4 Å². The topological polar surface area (TPSA) is 73.9 Å². The maximum absolute atomic E-state index is 12.3. The number of anilines is 1. The number of likely N-dealkylation sites (N-methyl/N-ethyl adjacent to an activating group) is 1. The molecule has 2 aromatic rings. The molecule has 1 heterocycles. The van der Waals surface area contributed by atoms with E-state index < -0.39 is 11.8 Å². The predicted molar refractivity (Wildman–Crippen MR) is 113 cm³/mol. The van der Waals surface area contributed by atoms with Crippen molar-refractivity contribution in [2.45, 2.75) is 6.04 Å². The number of carbonyl (C=O) groups excluding carboxylic acids is 2. The Morgan fingerprint density at radius 1 is 0.966 bits per heavy atom. The monoisotopic (exact) mass is 396 g/mol. The maximum atomic E-state index is 12.3. The second-order valence-corrected chi connectivity index (χ2v) is 7.16. The molecular weight excluding hydrogens is 368 g/mol. The molecule has 154 valence electrons. The minimum atomic E-state index is -0.664. The smallest absolute Gasteiger partial charge is 0.313 e. The van der Waals surface area contributed by atoms with Crippen LogP contribution in [0.4, 0.5) is 5.69 Å². The first-order valence-corrected chi connectivity index (χ1v) is 9.77. The molecule has 0 radical (unpaired) electrons. The number of benzene rings is 2. The molecular formula is C22H28N4O3. The first kappa shape index (κ1) is 20.8. The van der Waals surface area contributed by atoms with E-state index in [9.17, 15) is 9.59 Å². The van der Waals surface area contributed by atoms with Gasteiger partial charge in [0.05, 0.1) is 13.2 Å². The Hall–Kier alpha value is -2.90. The van der Waals surface area contributed by atoms with Crippen molar-refractivity contribution < 1.29 is 14.3 Å². The average Bonchev–Trinajstić information content (AvgIpc) is 2.76. The fourth-order valence-electron chi connectivity index (χ4n) is 3.40. The van der Waals surface area contributed by atoms with Crippen molar-refractivity contribution in [3.8, 4) is 5.75 Å². The van der Waals surface area contributed by atoms with E-state index in [0.717, 1.165) is 37.5 Å². The van der Waals surface area contributed by atoms with Gasteiger partial charge in [0.1, 0.15) is 5.75 Å². The van der Waals surface area contributed by atoms with Crippen molar-refractivity contribution in [1.82, 2.24) is 15.1 Å². The van der Waals surface area contributed by atoms with Gasteiger partial charge in [-0.2, -0.15) is 0 Å². The molecule has 2 N–H and O–H groups in total. The van der Waals surface area contributed by atoms with E-state index in [4.69, 9.17) is 4.74 Å². The Bertz CT molecular complexity index is 803. The van der Waals surface area contributed by atoms with Crippen molar-refractivity contribution in [2.75, 3.05) is 52.2 Å². The third-order valence-corrected chi connectivity index (χ3v) is 5.17. The van der Waals surface area contributed by atoms with Crippen LogP contribution in [0, 0.1) is 0 Å². The molecule has 2 amide bonds. The lowest BCUT2D eigenvalue weighted by atomic mass is 10.0. The van der Waals surface area contributed by atoms with Gasteiger partial charge in [0.25, 0.3) is 0 Å². The molecule has 1 atom stereocenters. The molecule has 0 aromatic heterocycles. The van der Waals surface area contributed by atoms with Gasteiger partial charge in [0.15, 0.2) is 0 Å². The van der Waals surface area contributed by atoms with Crippen LogP contribution in [0.15, 0.2) is 54.6 Å². The van der Waals surface area contributed by atoms with E-state index >= 15 is 0 Å². The minimum Gasteiger partial charge on any atom is -0.497 e. The van der Waals surface area contributed by atoms with Gasteiger partial charge in [-0.15, -0.1) is 0 Å². The largest absolute Gasteiger partial charge is 0.497 e. The fraction of sp³-hybridized carbons (Fsp3) is 0.364. The highest BCUT2D eigenvalue weighted by Gasteiger charge is 2.25. The zero-order chi connectivity index (χ0) is 20.6. The number of amides is 2. The normalized spacial score (nSPS) is 16.1. The number of rotatable bonds is 6. The minimum absolute atomic E-state index is 0.0110. The van der Waals surface area contributed by atoms with E-state index in [1.807, 2.05) is 30.3 Å². The Balaban J connectivity index is 1.65. The van der Waals surface area contributed by atoms with Gasteiger partial charge in [0, 0.05) is 38.4 Å². The molecule has 0 bridgehead atoms. The number of para-hydroxylation sites is 1. The molecule has 1 aliphatic rings. The summed E-state index contributed by atoms with van der Waals surface area (Å²) in [6, 6.07) is 16.8. The maximum Gasteiger partial charge on any atom is 0.313 e. The highest BCUT2D eigenvalue weighted by Crippen LogP contribution is 2.24. The first-order valence-electron chi connectivity index (χ1n) is 9.77. The highest BCUT2D eigenvalue weighted by molar-refractivity contribution is 6.39. The molecule has 0 saturated carbocycles. The molecule has 0 aliphatic carbocycles. The van der Waals surface area contributed by atoms with Crippen molar-refractivity contribution in [2.24, 2.45) is 0 Å². The van der Waals surface area contributed by atoms with Crippen LogP contribution in [-0.4, -0.2) is 68.5 Å². The molecule has 3 rings (SSSR count). The summed E-state index contributed by atoms with van der Waals surface area (Å²) in [5, 5.41) is 5.42. The number of carbonyl (C=O) groups is 2. The van der Waals surface area contributed by atoms with Crippen LogP contribution >= 0.6 is 0 Å². The quantitative estimate of drug-likeness (QED) is 0.728. The second-order valence-electron chi connectivity index (χ2n) is 7.16. The standard InChI is InChI=1S/C22H28N4O3/c1-25-12-14-26(15-13-25)20(17-8-10-19(29-2)11-9-17)16-23-21(27)22(28)24-18-6-4-3-5-7-18/h3-11,20H,12-16H2,1-2H3,(H,23,27)(H,24,28). The summed E-state index contributed by atoms with van der Waals surface area (Å²) in [4.78, 5) is 29.2. The molecule has 1 aliphatic heterocycles. The summed E-state index contributed by atoms with van der Waals surface area (Å²) in [5.74, 6) is -0.512. The number of ether oxygens (including phenoxy) is 1. The number of piperazine rings is 1. The zero-order valence-electron chi connectivity index (χ0n) is 16.9. The van der Waals surface area contributed by atoms with E-state index in [1.54, 1.807) is 31.4 Å². The van der Waals surface area contributed by atoms with Crippen LogP contribution in [0.1, 0.15) is 11.6 Å². The lowest BCUT2D eigenvalue weighted by Crippen LogP contribution is -2.49. The molecule has 7 heteroatoms. The highest BCUT2D eigenvalue weighted by atomic mass is 16.5. The van der Waals surface area contributed by atoms with E-state index in [-0.39, 0.29) is 6.04 Å². The number of methoxy groups -OCH3 is 1. The summed E-state index contributed by atoms with van der Waals surface area (Å²) >= 11 is 0. The zero-order valence-corrected chi connectivity index (χ0v) is 16.9. The lowest BCUT2D eigenvalue weighted by Gasteiger charge is -2.38. The van der Waals surface area contributed by atoms with E-state index in [2.05, 4.69) is 27.5 Å². The van der Waals surface area contributed by atoms with E-state index in [0.29, 0.717) is 12.2 Å². The van der Waals surface area contributed by atoms with Crippen LogP contribution in [0.5, 0.6) is 5.75 Å². The molecule has 1 saturated heterocycles. The Morgan fingerprint density at radius 2 is 1.62 bits per heavy atom. The molecule has 2 aromatic carbocycles. The molecule has 1 fully saturated rings. The van der Waals surface area contributed by atoms with Crippen LogP contribution in [-0.2, 0) is 9.59 Å². The summed E-state index contributed by atoms with van der Waals surface area (Å²) in [6.45, 7) is 4.10. The SMILES string of the molecule is COc1ccc(C(CNC(=O)C(=O)Nc2ccccc2)N2CCN(C)CC2)cc1. The predicted octanol–water partition coefficient (Wildman–Crippen LogP) is 1.74. The lowest BCUT2D eigenvalue weighted by molar-refractivity contribution is -0.136. The first-order chi connectivity index (χ1) is 14.1. The number of nitrogens with one attached hydrogen (secondary N) is 2. The Morgan fingerprint density at radius 3 is 2.24 bits per heavy atom. The summed E-state index contributed by atoms with van der Waals surface area (Å²) in [6.07, 6.45) is 0. The number of hydrogen-bond acceptors (Lipinski definition) is 5. The third-order valence-electron chi connectivity index (χ3n) is 5.17. The van der Waals surface area contributed by atoms with Gasteiger partial charge in [0.2, 0.25) is 0 Å². The van der Waals surface area contributed by atoms with Gasteiger partial charge in [-0.05, 0) is 36.9 Å². The van der Waals surface area contributed by atoms with Crippen molar-refractivity contribution in [3.63, 3.8) is 0 Å². The number of hydrogen-bond donors (Lipinski definition) is 2. The molecule has 1 unspecified atom stereocenters. The van der Waals surface area contributed by atoms with Crippen LogP contribution in [0.2, 0.25) is 0 Å². The van der Waals surface area contributed by atoms with Crippen molar-refractivity contribution in [1.29, 1.82) is 0 Å². The van der Waals surface area contributed by atoms with Crippen molar-refractivity contribution in [3.05, 3.63) is 60.2 Å². The molecule has 0 spiro atoms. The van der Waals surface area contributed by atoms with E-state index in [1.165, 1.54) is 0 Å².